The van der Waals surface area contributed by atoms with E-state index in [1.165, 1.54) is 37.6 Å². The average Bonchev–Trinajstić information content (AvgIpc) is 3.22. The maximum absolute atomic E-state index is 12.7. The first kappa shape index (κ1) is 21.8. The van der Waals surface area contributed by atoms with Crippen LogP contribution in [-0.2, 0) is 10.0 Å². The molecule has 3 aromatic carbocycles. The van der Waals surface area contributed by atoms with Gasteiger partial charge in [-0.15, -0.1) is 0 Å². The molecule has 0 atom stereocenters. The number of hydrogen-bond donors (Lipinski definition) is 3. The first-order chi connectivity index (χ1) is 15.9. The summed E-state index contributed by atoms with van der Waals surface area (Å²) in [6, 6.07) is 17.4. The van der Waals surface area contributed by atoms with Gasteiger partial charge in [-0.1, -0.05) is 18.2 Å². The van der Waals surface area contributed by atoms with Crippen LogP contribution in [0, 0.1) is 10.1 Å². The van der Waals surface area contributed by atoms with Crippen LogP contribution in [0.5, 0.6) is 5.75 Å². The number of ether oxygens (including phenoxy) is 1. The highest BCUT2D eigenvalue weighted by Gasteiger charge is 2.21. The predicted octanol–water partition coefficient (Wildman–Crippen LogP) is 4.33. The summed E-state index contributed by atoms with van der Waals surface area (Å²) in [5, 5.41) is 16.6. The van der Waals surface area contributed by atoms with E-state index in [1.54, 1.807) is 18.3 Å². The van der Waals surface area contributed by atoms with Gasteiger partial charge in [0.2, 0.25) is 0 Å². The zero-order chi connectivity index (χ0) is 23.4. The molecule has 3 N–H and O–H groups in total. The second-order valence-electron chi connectivity index (χ2n) is 6.93. The normalized spacial score (nSPS) is 11.5. The summed E-state index contributed by atoms with van der Waals surface area (Å²) in [4.78, 5) is 13.8. The number of benzene rings is 3. The van der Waals surface area contributed by atoms with Crippen molar-refractivity contribution in [1.82, 2.24) is 4.98 Å². The van der Waals surface area contributed by atoms with E-state index in [4.69, 9.17) is 4.74 Å². The van der Waals surface area contributed by atoms with Crippen molar-refractivity contribution in [3.63, 3.8) is 0 Å². The van der Waals surface area contributed by atoms with Crippen molar-refractivity contribution in [2.75, 3.05) is 17.3 Å². The van der Waals surface area contributed by atoms with Gasteiger partial charge in [0, 0.05) is 34.4 Å². The van der Waals surface area contributed by atoms with Gasteiger partial charge in [0.1, 0.15) is 11.4 Å². The summed E-state index contributed by atoms with van der Waals surface area (Å²) < 4.78 is 32.9. The van der Waals surface area contributed by atoms with Crippen molar-refractivity contribution >= 4 is 44.2 Å². The SMILES string of the molecule is COc1ccc(NS(=O)(=O)c2ccc(N/N=C/c3c[nH]c4ccccc34)c([N+](=O)[O-])c2)cc1. The quantitative estimate of drug-likeness (QED) is 0.201. The number of para-hydroxylation sites is 1. The fourth-order valence-corrected chi connectivity index (χ4v) is 4.25. The number of nitro groups is 1. The Labute approximate surface area is 189 Å². The fourth-order valence-electron chi connectivity index (χ4n) is 3.17. The van der Waals surface area contributed by atoms with Crippen molar-refractivity contribution in [3.8, 4) is 5.75 Å². The number of sulfonamides is 1. The smallest absolute Gasteiger partial charge is 0.295 e. The number of nitro benzene ring substituents is 1. The summed E-state index contributed by atoms with van der Waals surface area (Å²) >= 11 is 0. The van der Waals surface area contributed by atoms with Gasteiger partial charge in [-0.2, -0.15) is 5.10 Å². The maximum atomic E-state index is 12.7. The fraction of sp³-hybridized carbons (Fsp3) is 0.0455. The molecule has 168 valence electrons. The van der Waals surface area contributed by atoms with Gasteiger partial charge in [0.25, 0.3) is 15.7 Å². The molecule has 0 aliphatic carbocycles. The maximum Gasteiger partial charge on any atom is 0.295 e. The molecule has 0 fully saturated rings. The summed E-state index contributed by atoms with van der Waals surface area (Å²) in [6.07, 6.45) is 3.29. The monoisotopic (exact) mass is 465 g/mol. The third-order valence-electron chi connectivity index (χ3n) is 4.83. The number of rotatable bonds is 8. The van der Waals surface area contributed by atoms with E-state index in [9.17, 15) is 18.5 Å². The van der Waals surface area contributed by atoms with Crippen LogP contribution in [0.3, 0.4) is 0 Å². The van der Waals surface area contributed by atoms with Crippen LogP contribution < -0.4 is 14.9 Å². The Morgan fingerprint density at radius 3 is 2.58 bits per heavy atom. The molecule has 4 rings (SSSR count). The molecular weight excluding hydrogens is 446 g/mol. The number of hydrogen-bond acceptors (Lipinski definition) is 7. The average molecular weight is 465 g/mol. The number of methoxy groups -OCH3 is 1. The molecule has 0 spiro atoms. The van der Waals surface area contributed by atoms with Gasteiger partial charge in [-0.05, 0) is 42.5 Å². The lowest BCUT2D eigenvalue weighted by atomic mass is 10.2. The molecule has 4 aromatic rings. The Bertz CT molecular complexity index is 1450. The second-order valence-corrected chi connectivity index (χ2v) is 8.61. The number of fused-ring (bicyclic) bond motifs is 1. The predicted molar refractivity (Wildman–Crippen MR) is 126 cm³/mol. The zero-order valence-electron chi connectivity index (χ0n) is 17.3. The second kappa shape index (κ2) is 9.01. The molecule has 1 heterocycles. The zero-order valence-corrected chi connectivity index (χ0v) is 18.2. The Kier molecular flexibility index (Phi) is 5.96. The summed E-state index contributed by atoms with van der Waals surface area (Å²) in [7, 11) is -2.55. The highest BCUT2D eigenvalue weighted by atomic mass is 32.2. The lowest BCUT2D eigenvalue weighted by Crippen LogP contribution is -2.13. The molecule has 0 saturated carbocycles. The van der Waals surface area contributed by atoms with Crippen LogP contribution in [-0.4, -0.2) is 31.6 Å². The minimum atomic E-state index is -4.05. The Morgan fingerprint density at radius 2 is 1.85 bits per heavy atom. The molecule has 0 saturated heterocycles. The molecule has 1 aromatic heterocycles. The molecule has 0 bridgehead atoms. The van der Waals surface area contributed by atoms with Gasteiger partial charge >= 0.3 is 0 Å². The van der Waals surface area contributed by atoms with E-state index in [2.05, 4.69) is 20.2 Å². The minimum absolute atomic E-state index is 0.0551. The first-order valence-corrected chi connectivity index (χ1v) is 11.2. The highest BCUT2D eigenvalue weighted by molar-refractivity contribution is 7.92. The number of aromatic amines is 1. The summed E-state index contributed by atoms with van der Waals surface area (Å²) in [5.41, 5.74) is 4.28. The van der Waals surface area contributed by atoms with Gasteiger partial charge < -0.3 is 9.72 Å². The Hall–Kier alpha value is -4.38. The van der Waals surface area contributed by atoms with Crippen LogP contribution >= 0.6 is 0 Å². The summed E-state index contributed by atoms with van der Waals surface area (Å²) in [5.74, 6) is 0.567. The van der Waals surface area contributed by atoms with Crippen LogP contribution in [0.2, 0.25) is 0 Å². The van der Waals surface area contributed by atoms with E-state index in [1.807, 2.05) is 24.3 Å². The van der Waals surface area contributed by atoms with Gasteiger partial charge in [0.15, 0.2) is 0 Å². The van der Waals surface area contributed by atoms with E-state index >= 15 is 0 Å². The molecule has 0 amide bonds. The van der Waals surface area contributed by atoms with Crippen LogP contribution in [0.25, 0.3) is 10.9 Å². The molecule has 10 nitrogen and oxygen atoms in total. The largest absolute Gasteiger partial charge is 0.497 e. The van der Waals surface area contributed by atoms with Crippen LogP contribution in [0.15, 0.2) is 82.9 Å². The number of H-pyrrole nitrogens is 1. The summed E-state index contributed by atoms with van der Waals surface area (Å²) in [6.45, 7) is 0. The number of anilines is 2. The Morgan fingerprint density at radius 1 is 1.09 bits per heavy atom. The highest BCUT2D eigenvalue weighted by Crippen LogP contribution is 2.29. The van der Waals surface area contributed by atoms with E-state index in [-0.39, 0.29) is 10.6 Å². The molecule has 0 radical (unpaired) electrons. The number of nitrogens with zero attached hydrogens (tertiary/aromatic N) is 2. The number of hydrazone groups is 1. The minimum Gasteiger partial charge on any atom is -0.497 e. The van der Waals surface area contributed by atoms with Crippen molar-refractivity contribution < 1.29 is 18.1 Å². The van der Waals surface area contributed by atoms with Gasteiger partial charge in [-0.25, -0.2) is 8.42 Å². The molecule has 0 aliphatic rings. The lowest BCUT2D eigenvalue weighted by molar-refractivity contribution is -0.384. The first-order valence-electron chi connectivity index (χ1n) is 9.68. The van der Waals surface area contributed by atoms with E-state index in [0.29, 0.717) is 11.4 Å². The van der Waals surface area contributed by atoms with E-state index < -0.39 is 20.6 Å². The third kappa shape index (κ3) is 4.77. The van der Waals surface area contributed by atoms with E-state index in [0.717, 1.165) is 22.5 Å². The van der Waals surface area contributed by atoms with Crippen molar-refractivity contribution in [2.45, 2.75) is 4.90 Å². The lowest BCUT2D eigenvalue weighted by Gasteiger charge is -2.10. The van der Waals surface area contributed by atoms with Crippen LogP contribution in [0.4, 0.5) is 17.1 Å². The topological polar surface area (TPSA) is 139 Å². The molecule has 0 aliphatic heterocycles. The molecule has 33 heavy (non-hydrogen) atoms. The number of nitrogens with one attached hydrogen (secondary N) is 3. The standard InChI is InChI=1S/C22H19N5O5S/c1-32-17-8-6-16(7-9-17)26-33(30,31)18-10-11-21(22(12-18)27(28)29)25-24-14-15-13-23-20-5-3-2-4-19(15)20/h2-14,23,25-26H,1H3/b24-14+. The van der Waals surface area contributed by atoms with Gasteiger partial charge in [0.05, 0.1) is 23.1 Å². The van der Waals surface area contributed by atoms with Crippen LogP contribution in [0.1, 0.15) is 5.56 Å². The van der Waals surface area contributed by atoms with Gasteiger partial charge in [-0.3, -0.25) is 20.3 Å². The Balaban J connectivity index is 1.56. The van der Waals surface area contributed by atoms with Crippen molar-refractivity contribution in [2.24, 2.45) is 5.10 Å². The molecule has 11 heteroatoms. The molecule has 0 unspecified atom stereocenters. The van der Waals surface area contributed by atoms with Crippen molar-refractivity contribution in [3.05, 3.63) is 88.6 Å². The molecular formula is C22H19N5O5S. The third-order valence-corrected chi connectivity index (χ3v) is 6.21. The van der Waals surface area contributed by atoms with Crippen molar-refractivity contribution in [1.29, 1.82) is 0 Å². The number of aromatic nitrogens is 1.